The van der Waals surface area contributed by atoms with Crippen molar-refractivity contribution in [3.05, 3.63) is 29.8 Å². The number of nitrogens with one attached hydrogen (secondary N) is 1. The molecule has 1 aliphatic carbocycles. The van der Waals surface area contributed by atoms with Gasteiger partial charge in [0.1, 0.15) is 0 Å². The molecule has 1 N–H and O–H groups in total. The van der Waals surface area contributed by atoms with Crippen molar-refractivity contribution in [3.8, 4) is 0 Å². The molecule has 1 aliphatic heterocycles. The van der Waals surface area contributed by atoms with Crippen LogP contribution in [-0.4, -0.2) is 19.1 Å². The van der Waals surface area contributed by atoms with E-state index in [1.807, 2.05) is 0 Å². The van der Waals surface area contributed by atoms with E-state index in [2.05, 4.69) is 41.4 Å². The molecule has 1 aromatic carbocycles. The molecule has 2 aliphatic rings. The molecule has 0 bridgehead atoms. The first-order valence-electron chi connectivity index (χ1n) is 8.41. The summed E-state index contributed by atoms with van der Waals surface area (Å²) >= 11 is 0. The smallest absolute Gasteiger partial charge is 0.0411 e. The second kappa shape index (κ2) is 6.62. The second-order valence-corrected chi connectivity index (χ2v) is 6.54. The van der Waals surface area contributed by atoms with E-state index >= 15 is 0 Å². The van der Waals surface area contributed by atoms with Crippen LogP contribution < -0.4 is 10.2 Å². The largest absolute Gasteiger partial charge is 0.371 e. The molecule has 0 spiro atoms. The van der Waals surface area contributed by atoms with Gasteiger partial charge in [-0.05, 0) is 50.2 Å². The van der Waals surface area contributed by atoms with Gasteiger partial charge in [0.25, 0.3) is 0 Å². The lowest BCUT2D eigenvalue weighted by molar-refractivity contribution is 0.380. The molecule has 0 amide bonds. The normalized spacial score (nSPS) is 21.6. The van der Waals surface area contributed by atoms with Crippen LogP contribution >= 0.6 is 0 Å². The Kier molecular flexibility index (Phi) is 4.62. The van der Waals surface area contributed by atoms with Crippen LogP contribution in [0.3, 0.4) is 0 Å². The average molecular weight is 272 g/mol. The van der Waals surface area contributed by atoms with Crippen molar-refractivity contribution in [3.63, 3.8) is 0 Å². The number of para-hydroxylation sites is 1. The molecule has 2 fully saturated rings. The number of benzene rings is 1. The summed E-state index contributed by atoms with van der Waals surface area (Å²) in [4.78, 5) is 2.55. The molecule has 1 atom stereocenters. The van der Waals surface area contributed by atoms with Crippen LogP contribution in [0.1, 0.15) is 51.0 Å². The van der Waals surface area contributed by atoms with Crippen molar-refractivity contribution in [1.82, 2.24) is 5.32 Å². The van der Waals surface area contributed by atoms with E-state index in [-0.39, 0.29) is 0 Å². The van der Waals surface area contributed by atoms with Crippen molar-refractivity contribution >= 4 is 5.69 Å². The summed E-state index contributed by atoms with van der Waals surface area (Å²) < 4.78 is 0. The average Bonchev–Trinajstić information content (AvgIpc) is 3.17. The molecule has 1 aromatic rings. The molecule has 1 unspecified atom stereocenters. The van der Waals surface area contributed by atoms with E-state index in [4.69, 9.17) is 0 Å². The van der Waals surface area contributed by atoms with E-state index in [0.29, 0.717) is 6.04 Å². The van der Waals surface area contributed by atoms with Crippen molar-refractivity contribution in [2.75, 3.05) is 18.0 Å². The number of hydrogen-bond donors (Lipinski definition) is 1. The standard InChI is InChI=1S/C18H28N2/c1-15(16-8-2-3-9-16)19-14-17-10-4-5-11-18(17)20-12-6-7-13-20/h4-5,10-11,15-16,19H,2-3,6-9,12-14H2,1H3. The summed E-state index contributed by atoms with van der Waals surface area (Å²) in [7, 11) is 0. The highest BCUT2D eigenvalue weighted by Gasteiger charge is 2.21. The maximum Gasteiger partial charge on any atom is 0.0411 e. The highest BCUT2D eigenvalue weighted by Crippen LogP contribution is 2.28. The van der Waals surface area contributed by atoms with Crippen LogP contribution in [0.15, 0.2) is 24.3 Å². The zero-order valence-corrected chi connectivity index (χ0v) is 12.8. The molecule has 2 nitrogen and oxygen atoms in total. The lowest BCUT2D eigenvalue weighted by Gasteiger charge is -2.24. The Bertz CT molecular complexity index is 417. The van der Waals surface area contributed by atoms with E-state index in [1.165, 1.54) is 62.9 Å². The molecular formula is C18H28N2. The Morgan fingerprint density at radius 1 is 1.10 bits per heavy atom. The fourth-order valence-corrected chi connectivity index (χ4v) is 3.82. The van der Waals surface area contributed by atoms with E-state index < -0.39 is 0 Å². The number of nitrogens with zero attached hydrogens (tertiary/aromatic N) is 1. The van der Waals surface area contributed by atoms with Gasteiger partial charge in [0.2, 0.25) is 0 Å². The van der Waals surface area contributed by atoms with E-state index in [9.17, 15) is 0 Å². The van der Waals surface area contributed by atoms with Gasteiger partial charge in [0, 0.05) is 31.4 Å². The van der Waals surface area contributed by atoms with Gasteiger partial charge in [0.15, 0.2) is 0 Å². The zero-order chi connectivity index (χ0) is 13.8. The van der Waals surface area contributed by atoms with Crippen LogP contribution in [0.4, 0.5) is 5.69 Å². The first kappa shape index (κ1) is 13.9. The highest BCUT2D eigenvalue weighted by atomic mass is 15.1. The Balaban J connectivity index is 1.61. The summed E-state index contributed by atoms with van der Waals surface area (Å²) in [5.74, 6) is 0.897. The third kappa shape index (κ3) is 3.17. The van der Waals surface area contributed by atoms with E-state index in [1.54, 1.807) is 0 Å². The number of anilines is 1. The first-order chi connectivity index (χ1) is 9.84. The van der Waals surface area contributed by atoms with Gasteiger partial charge >= 0.3 is 0 Å². The fraction of sp³-hybridized carbons (Fsp3) is 0.667. The van der Waals surface area contributed by atoms with Gasteiger partial charge in [0.05, 0.1) is 0 Å². The Labute approximate surface area is 123 Å². The third-order valence-corrected chi connectivity index (χ3v) is 5.16. The number of rotatable bonds is 5. The maximum absolute atomic E-state index is 3.78. The van der Waals surface area contributed by atoms with Crippen LogP contribution in [0, 0.1) is 5.92 Å². The topological polar surface area (TPSA) is 15.3 Å². The molecule has 1 heterocycles. The Hall–Kier alpha value is -1.02. The summed E-state index contributed by atoms with van der Waals surface area (Å²) in [5.41, 5.74) is 2.93. The Morgan fingerprint density at radius 2 is 1.80 bits per heavy atom. The van der Waals surface area contributed by atoms with Gasteiger partial charge < -0.3 is 10.2 Å². The van der Waals surface area contributed by atoms with Gasteiger partial charge in [-0.2, -0.15) is 0 Å². The molecular weight excluding hydrogens is 244 g/mol. The highest BCUT2D eigenvalue weighted by molar-refractivity contribution is 5.54. The van der Waals surface area contributed by atoms with Crippen LogP contribution in [-0.2, 0) is 6.54 Å². The van der Waals surface area contributed by atoms with Gasteiger partial charge in [-0.1, -0.05) is 31.0 Å². The minimum atomic E-state index is 0.657. The van der Waals surface area contributed by atoms with Crippen molar-refractivity contribution in [2.45, 2.75) is 58.0 Å². The van der Waals surface area contributed by atoms with Crippen LogP contribution in [0.25, 0.3) is 0 Å². The molecule has 2 heteroatoms. The van der Waals surface area contributed by atoms with Crippen molar-refractivity contribution < 1.29 is 0 Å². The maximum atomic E-state index is 3.78. The quantitative estimate of drug-likeness (QED) is 0.873. The van der Waals surface area contributed by atoms with Crippen LogP contribution in [0.2, 0.25) is 0 Å². The molecule has 1 saturated heterocycles. The predicted molar refractivity (Wildman–Crippen MR) is 86.1 cm³/mol. The molecule has 3 rings (SSSR count). The fourth-order valence-electron chi connectivity index (χ4n) is 3.82. The van der Waals surface area contributed by atoms with Gasteiger partial charge in [-0.25, -0.2) is 0 Å². The lowest BCUT2D eigenvalue weighted by atomic mass is 9.99. The molecule has 0 aromatic heterocycles. The predicted octanol–water partition coefficient (Wildman–Crippen LogP) is 3.96. The minimum Gasteiger partial charge on any atom is -0.371 e. The van der Waals surface area contributed by atoms with E-state index in [0.717, 1.165) is 12.5 Å². The lowest BCUT2D eigenvalue weighted by Crippen LogP contribution is -2.32. The molecule has 1 saturated carbocycles. The van der Waals surface area contributed by atoms with Gasteiger partial charge in [-0.3, -0.25) is 0 Å². The summed E-state index contributed by atoms with van der Waals surface area (Å²) in [6.45, 7) is 5.85. The molecule has 0 radical (unpaired) electrons. The molecule has 20 heavy (non-hydrogen) atoms. The monoisotopic (exact) mass is 272 g/mol. The second-order valence-electron chi connectivity index (χ2n) is 6.54. The van der Waals surface area contributed by atoms with Crippen molar-refractivity contribution in [2.24, 2.45) is 5.92 Å². The van der Waals surface area contributed by atoms with Crippen molar-refractivity contribution in [1.29, 1.82) is 0 Å². The van der Waals surface area contributed by atoms with Crippen LogP contribution in [0.5, 0.6) is 0 Å². The summed E-state index contributed by atoms with van der Waals surface area (Å²) in [6, 6.07) is 9.60. The third-order valence-electron chi connectivity index (χ3n) is 5.16. The zero-order valence-electron chi connectivity index (χ0n) is 12.8. The minimum absolute atomic E-state index is 0.657. The van der Waals surface area contributed by atoms with Gasteiger partial charge in [-0.15, -0.1) is 0 Å². The number of hydrogen-bond acceptors (Lipinski definition) is 2. The summed E-state index contributed by atoms with van der Waals surface area (Å²) in [6.07, 6.45) is 8.40. The Morgan fingerprint density at radius 3 is 2.55 bits per heavy atom. The first-order valence-corrected chi connectivity index (χ1v) is 8.41. The summed E-state index contributed by atoms with van der Waals surface area (Å²) in [5, 5.41) is 3.78. The molecule has 110 valence electrons. The SMILES string of the molecule is CC(NCc1ccccc1N1CCCC1)C1CCCC1.